The summed E-state index contributed by atoms with van der Waals surface area (Å²) in [6.45, 7) is 2.12. The Morgan fingerprint density at radius 1 is 1.28 bits per heavy atom. The molecule has 4 rings (SSSR count). The Balaban J connectivity index is 1.80. The van der Waals surface area contributed by atoms with Crippen LogP contribution in [0.2, 0.25) is 0 Å². The highest BCUT2D eigenvalue weighted by atomic mass is 15.1. The van der Waals surface area contributed by atoms with Crippen molar-refractivity contribution in [2.24, 2.45) is 0 Å². The van der Waals surface area contributed by atoms with Gasteiger partial charge in [-0.2, -0.15) is 0 Å². The normalized spacial score (nSPS) is 31.1. The van der Waals surface area contributed by atoms with Crippen LogP contribution in [0, 0.1) is 6.92 Å². The number of hydrogen-bond acceptors (Lipinski definition) is 3. The molecule has 94 valence electrons. The monoisotopic (exact) mass is 242 g/mol. The van der Waals surface area contributed by atoms with E-state index in [2.05, 4.69) is 26.8 Å². The van der Waals surface area contributed by atoms with Crippen LogP contribution in [0.15, 0.2) is 18.5 Å². The lowest BCUT2D eigenvalue weighted by Gasteiger charge is -2.31. The molecular weight excluding hydrogens is 224 g/mol. The Kier molecular flexibility index (Phi) is 2.21. The maximum absolute atomic E-state index is 4.66. The second-order valence-electron chi connectivity index (χ2n) is 5.66. The molecule has 2 aromatic heterocycles. The Labute approximate surface area is 106 Å². The van der Waals surface area contributed by atoms with Gasteiger partial charge in [-0.3, -0.25) is 4.98 Å². The Morgan fingerprint density at radius 2 is 2.06 bits per heavy atom. The van der Waals surface area contributed by atoms with Gasteiger partial charge >= 0.3 is 0 Å². The average Bonchev–Trinajstić information content (AvgIpc) is 2.88. The summed E-state index contributed by atoms with van der Waals surface area (Å²) in [5, 5.41) is 3.70. The first kappa shape index (κ1) is 10.5. The van der Waals surface area contributed by atoms with Gasteiger partial charge in [-0.25, -0.2) is 4.98 Å². The second kappa shape index (κ2) is 3.79. The summed E-state index contributed by atoms with van der Waals surface area (Å²) in [4.78, 5) is 8.92. The van der Waals surface area contributed by atoms with E-state index in [0.717, 1.165) is 11.3 Å². The Hall–Kier alpha value is -1.42. The molecule has 2 aromatic rings. The standard InChI is InChI=1S/C14H18N4/c1-9-16-13-4-5-15-8-14(13)18(9)12-6-10-2-3-11(7-12)17-10/h4-5,8,10-12,17H,2-3,6-7H2,1H3/t10-,11+,12+. The predicted octanol–water partition coefficient (Wildman–Crippen LogP) is 2.20. The zero-order chi connectivity index (χ0) is 12.1. The van der Waals surface area contributed by atoms with E-state index in [4.69, 9.17) is 0 Å². The van der Waals surface area contributed by atoms with Gasteiger partial charge in [-0.05, 0) is 38.7 Å². The van der Waals surface area contributed by atoms with Crippen LogP contribution in [-0.4, -0.2) is 26.6 Å². The molecule has 4 heteroatoms. The topological polar surface area (TPSA) is 42.7 Å². The highest BCUT2D eigenvalue weighted by Crippen LogP contribution is 2.36. The van der Waals surface area contributed by atoms with Crippen molar-refractivity contribution in [2.75, 3.05) is 0 Å². The molecule has 2 bridgehead atoms. The summed E-state index contributed by atoms with van der Waals surface area (Å²) in [6, 6.07) is 4.02. The molecule has 4 nitrogen and oxygen atoms in total. The summed E-state index contributed by atoms with van der Waals surface area (Å²) in [6.07, 6.45) is 8.93. The maximum Gasteiger partial charge on any atom is 0.107 e. The first-order valence-corrected chi connectivity index (χ1v) is 6.86. The lowest BCUT2D eigenvalue weighted by atomic mass is 9.99. The number of hydrogen-bond donors (Lipinski definition) is 1. The fourth-order valence-corrected chi connectivity index (χ4v) is 3.76. The minimum absolute atomic E-state index is 0.595. The van der Waals surface area contributed by atoms with Gasteiger partial charge in [0.15, 0.2) is 0 Å². The molecule has 18 heavy (non-hydrogen) atoms. The fraction of sp³-hybridized carbons (Fsp3) is 0.571. The van der Waals surface area contributed by atoms with Gasteiger partial charge in [0.05, 0.1) is 17.2 Å². The van der Waals surface area contributed by atoms with Crippen molar-refractivity contribution in [3.63, 3.8) is 0 Å². The van der Waals surface area contributed by atoms with Crippen molar-refractivity contribution in [3.05, 3.63) is 24.3 Å². The number of nitrogens with zero attached hydrogens (tertiary/aromatic N) is 3. The fourth-order valence-electron chi connectivity index (χ4n) is 3.76. The molecule has 2 aliphatic rings. The number of nitrogens with one attached hydrogen (secondary N) is 1. The van der Waals surface area contributed by atoms with E-state index in [0.29, 0.717) is 18.1 Å². The van der Waals surface area contributed by atoms with Crippen molar-refractivity contribution < 1.29 is 0 Å². The molecule has 0 amide bonds. The molecular formula is C14H18N4. The first-order chi connectivity index (χ1) is 8.81. The van der Waals surface area contributed by atoms with Crippen molar-refractivity contribution >= 4 is 11.0 Å². The smallest absolute Gasteiger partial charge is 0.107 e. The summed E-state index contributed by atoms with van der Waals surface area (Å²) < 4.78 is 2.41. The quantitative estimate of drug-likeness (QED) is 0.833. The number of pyridine rings is 1. The summed E-state index contributed by atoms with van der Waals surface area (Å²) in [7, 11) is 0. The van der Waals surface area contributed by atoms with Crippen molar-refractivity contribution in [3.8, 4) is 0 Å². The highest BCUT2D eigenvalue weighted by molar-refractivity contribution is 5.74. The molecule has 0 spiro atoms. The molecule has 0 radical (unpaired) electrons. The molecule has 4 heterocycles. The van der Waals surface area contributed by atoms with Crippen molar-refractivity contribution in [1.29, 1.82) is 0 Å². The summed E-state index contributed by atoms with van der Waals surface area (Å²) in [5.41, 5.74) is 2.27. The van der Waals surface area contributed by atoms with E-state index >= 15 is 0 Å². The molecule has 1 N–H and O–H groups in total. The molecule has 2 fully saturated rings. The van der Waals surface area contributed by atoms with Crippen molar-refractivity contribution in [2.45, 2.75) is 50.7 Å². The molecule has 0 aromatic carbocycles. The minimum atomic E-state index is 0.595. The largest absolute Gasteiger partial charge is 0.324 e. The van der Waals surface area contributed by atoms with Crippen LogP contribution < -0.4 is 5.32 Å². The Bertz CT molecular complexity index is 576. The van der Waals surface area contributed by atoms with Gasteiger partial charge < -0.3 is 9.88 Å². The zero-order valence-electron chi connectivity index (χ0n) is 10.6. The lowest BCUT2D eigenvalue weighted by Crippen LogP contribution is -2.39. The maximum atomic E-state index is 4.66. The van der Waals surface area contributed by atoms with Gasteiger partial charge in [0.2, 0.25) is 0 Å². The van der Waals surface area contributed by atoms with Crippen LogP contribution in [0.3, 0.4) is 0 Å². The van der Waals surface area contributed by atoms with E-state index in [1.165, 1.54) is 31.2 Å². The van der Waals surface area contributed by atoms with Crippen LogP contribution in [0.5, 0.6) is 0 Å². The van der Waals surface area contributed by atoms with E-state index < -0.39 is 0 Å². The summed E-state index contributed by atoms with van der Waals surface area (Å²) in [5.74, 6) is 1.13. The Morgan fingerprint density at radius 3 is 2.83 bits per heavy atom. The summed E-state index contributed by atoms with van der Waals surface area (Å²) >= 11 is 0. The number of fused-ring (bicyclic) bond motifs is 3. The molecule has 2 aliphatic heterocycles. The molecule has 3 atom stereocenters. The lowest BCUT2D eigenvalue weighted by molar-refractivity contribution is 0.300. The second-order valence-corrected chi connectivity index (χ2v) is 5.66. The van der Waals surface area contributed by atoms with E-state index in [1.54, 1.807) is 0 Å². The highest BCUT2D eigenvalue weighted by Gasteiger charge is 2.35. The molecule has 0 saturated carbocycles. The SMILES string of the molecule is Cc1nc2ccncc2n1[C@H]1C[C@H]2CC[C@@H](C1)N2. The van der Waals surface area contributed by atoms with E-state index in [9.17, 15) is 0 Å². The van der Waals surface area contributed by atoms with Crippen LogP contribution in [0.25, 0.3) is 11.0 Å². The number of piperidine rings is 1. The molecule has 2 saturated heterocycles. The third-order valence-corrected chi connectivity index (χ3v) is 4.48. The minimum Gasteiger partial charge on any atom is -0.324 e. The van der Waals surface area contributed by atoms with Gasteiger partial charge in [0.25, 0.3) is 0 Å². The van der Waals surface area contributed by atoms with Gasteiger partial charge in [0, 0.05) is 24.3 Å². The number of aryl methyl sites for hydroxylation is 1. The van der Waals surface area contributed by atoms with E-state index in [-0.39, 0.29) is 0 Å². The zero-order valence-corrected chi connectivity index (χ0v) is 10.6. The number of rotatable bonds is 1. The van der Waals surface area contributed by atoms with Gasteiger partial charge in [0.1, 0.15) is 5.82 Å². The van der Waals surface area contributed by atoms with E-state index in [1.807, 2.05) is 18.5 Å². The van der Waals surface area contributed by atoms with Crippen molar-refractivity contribution in [1.82, 2.24) is 19.9 Å². The molecule has 0 unspecified atom stereocenters. The van der Waals surface area contributed by atoms with Gasteiger partial charge in [-0.1, -0.05) is 0 Å². The van der Waals surface area contributed by atoms with Crippen LogP contribution in [0.4, 0.5) is 0 Å². The average molecular weight is 242 g/mol. The third kappa shape index (κ3) is 1.48. The first-order valence-electron chi connectivity index (χ1n) is 6.86. The number of aromatic nitrogens is 3. The predicted molar refractivity (Wildman–Crippen MR) is 70.5 cm³/mol. The van der Waals surface area contributed by atoms with Crippen LogP contribution in [-0.2, 0) is 0 Å². The van der Waals surface area contributed by atoms with Gasteiger partial charge in [-0.15, -0.1) is 0 Å². The molecule has 0 aliphatic carbocycles. The third-order valence-electron chi connectivity index (χ3n) is 4.48. The van der Waals surface area contributed by atoms with Crippen LogP contribution in [0.1, 0.15) is 37.5 Å². The van der Waals surface area contributed by atoms with Crippen LogP contribution >= 0.6 is 0 Å². The number of imidazole rings is 1.